The van der Waals surface area contributed by atoms with Gasteiger partial charge >= 0.3 is 0 Å². The molecule has 0 unspecified atom stereocenters. The lowest BCUT2D eigenvalue weighted by atomic mass is 10.2. The van der Waals surface area contributed by atoms with E-state index in [1.165, 1.54) is 5.56 Å². The third-order valence-electron chi connectivity index (χ3n) is 4.23. The number of hydrogen-bond donors (Lipinski definition) is 1. The maximum atomic E-state index is 6.27. The molecular formula is C21H19N3OS. The van der Waals surface area contributed by atoms with Gasteiger partial charge in [0.1, 0.15) is 5.75 Å². The van der Waals surface area contributed by atoms with Crippen molar-refractivity contribution in [3.63, 3.8) is 0 Å². The van der Waals surface area contributed by atoms with E-state index in [4.69, 9.17) is 15.5 Å². The second-order valence-electron chi connectivity index (χ2n) is 5.96. The molecule has 0 radical (unpaired) electrons. The quantitative estimate of drug-likeness (QED) is 0.495. The molecule has 2 N–H and O–H groups in total. The molecule has 3 aromatic carbocycles. The number of rotatable bonds is 5. The number of para-hydroxylation sites is 2. The van der Waals surface area contributed by atoms with Gasteiger partial charge in [-0.1, -0.05) is 53.8 Å². The maximum Gasteiger partial charge on any atom is 0.191 e. The van der Waals surface area contributed by atoms with Gasteiger partial charge in [-0.25, -0.2) is 4.98 Å². The van der Waals surface area contributed by atoms with Crippen molar-refractivity contribution in [2.75, 3.05) is 17.7 Å². The zero-order chi connectivity index (χ0) is 17.9. The van der Waals surface area contributed by atoms with Crippen LogP contribution in [-0.4, -0.2) is 12.1 Å². The summed E-state index contributed by atoms with van der Waals surface area (Å²) in [5.74, 6) is 0.835. The maximum absolute atomic E-state index is 6.27. The summed E-state index contributed by atoms with van der Waals surface area (Å²) in [5, 5.41) is 0.912. The van der Waals surface area contributed by atoms with E-state index in [0.29, 0.717) is 6.54 Å². The minimum absolute atomic E-state index is 0.700. The SMILES string of the molecule is COc1ccc2nc(N(Cc3ccccc3)c3ccccc3N)sc2c1. The Morgan fingerprint density at radius 3 is 2.54 bits per heavy atom. The van der Waals surface area contributed by atoms with Gasteiger partial charge in [-0.2, -0.15) is 0 Å². The van der Waals surface area contributed by atoms with E-state index in [9.17, 15) is 0 Å². The lowest BCUT2D eigenvalue weighted by Crippen LogP contribution is -2.17. The van der Waals surface area contributed by atoms with Crippen LogP contribution in [0, 0.1) is 0 Å². The van der Waals surface area contributed by atoms with Crippen LogP contribution in [0.3, 0.4) is 0 Å². The summed E-state index contributed by atoms with van der Waals surface area (Å²) in [6.45, 7) is 0.700. The number of nitrogen functional groups attached to an aromatic ring is 1. The van der Waals surface area contributed by atoms with Crippen molar-refractivity contribution in [3.05, 3.63) is 78.4 Å². The van der Waals surface area contributed by atoms with Crippen LogP contribution < -0.4 is 15.4 Å². The first-order valence-corrected chi connectivity index (χ1v) is 9.17. The smallest absolute Gasteiger partial charge is 0.191 e. The molecule has 130 valence electrons. The fourth-order valence-corrected chi connectivity index (χ4v) is 3.90. The largest absolute Gasteiger partial charge is 0.497 e. The lowest BCUT2D eigenvalue weighted by molar-refractivity contribution is 0.415. The third-order valence-corrected chi connectivity index (χ3v) is 5.27. The highest BCUT2D eigenvalue weighted by Gasteiger charge is 2.17. The molecule has 4 rings (SSSR count). The monoisotopic (exact) mass is 361 g/mol. The molecule has 0 bridgehead atoms. The normalized spacial score (nSPS) is 10.8. The van der Waals surface area contributed by atoms with E-state index in [2.05, 4.69) is 17.0 Å². The standard InChI is InChI=1S/C21H19N3OS/c1-25-16-11-12-18-20(13-16)26-21(23-18)24(14-15-7-3-2-4-8-15)19-10-6-5-9-17(19)22/h2-13H,14,22H2,1H3. The fraction of sp³-hybridized carbons (Fsp3) is 0.0952. The van der Waals surface area contributed by atoms with Crippen molar-refractivity contribution in [1.29, 1.82) is 0 Å². The fourth-order valence-electron chi connectivity index (χ4n) is 2.89. The van der Waals surface area contributed by atoms with E-state index < -0.39 is 0 Å². The Morgan fingerprint density at radius 2 is 1.77 bits per heavy atom. The third kappa shape index (κ3) is 3.21. The number of methoxy groups -OCH3 is 1. The molecule has 4 aromatic rings. The Hall–Kier alpha value is -3.05. The molecule has 0 spiro atoms. The summed E-state index contributed by atoms with van der Waals surface area (Å²) in [6.07, 6.45) is 0. The highest BCUT2D eigenvalue weighted by Crippen LogP contribution is 2.38. The molecule has 5 heteroatoms. The first-order chi connectivity index (χ1) is 12.7. The number of fused-ring (bicyclic) bond motifs is 1. The minimum Gasteiger partial charge on any atom is -0.497 e. The second kappa shape index (κ2) is 7.06. The van der Waals surface area contributed by atoms with Crippen molar-refractivity contribution in [2.45, 2.75) is 6.54 Å². The lowest BCUT2D eigenvalue weighted by Gasteiger charge is -2.23. The summed E-state index contributed by atoms with van der Waals surface area (Å²) < 4.78 is 6.43. The molecule has 0 amide bonds. The Balaban J connectivity index is 1.81. The van der Waals surface area contributed by atoms with Crippen LogP contribution in [0.15, 0.2) is 72.8 Å². The second-order valence-corrected chi connectivity index (χ2v) is 6.97. The van der Waals surface area contributed by atoms with Crippen LogP contribution in [-0.2, 0) is 6.54 Å². The van der Waals surface area contributed by atoms with Crippen molar-refractivity contribution in [1.82, 2.24) is 4.98 Å². The highest BCUT2D eigenvalue weighted by molar-refractivity contribution is 7.22. The first kappa shape index (κ1) is 16.4. The molecule has 0 fully saturated rings. The van der Waals surface area contributed by atoms with E-state index >= 15 is 0 Å². The topological polar surface area (TPSA) is 51.4 Å². The van der Waals surface area contributed by atoms with Gasteiger partial charge in [-0.05, 0) is 35.9 Å². The summed E-state index contributed by atoms with van der Waals surface area (Å²) in [5.41, 5.74) is 10.1. The van der Waals surface area contributed by atoms with Gasteiger partial charge in [-0.3, -0.25) is 0 Å². The number of benzene rings is 3. The molecule has 4 nitrogen and oxygen atoms in total. The van der Waals surface area contributed by atoms with Gasteiger partial charge in [0.25, 0.3) is 0 Å². The van der Waals surface area contributed by atoms with Crippen molar-refractivity contribution in [2.24, 2.45) is 0 Å². The zero-order valence-corrected chi connectivity index (χ0v) is 15.2. The molecule has 0 aliphatic carbocycles. The van der Waals surface area contributed by atoms with E-state index in [-0.39, 0.29) is 0 Å². The van der Waals surface area contributed by atoms with Crippen LogP contribution in [0.4, 0.5) is 16.5 Å². The van der Waals surface area contributed by atoms with Crippen LogP contribution in [0.25, 0.3) is 10.2 Å². The van der Waals surface area contributed by atoms with Gasteiger partial charge in [0.15, 0.2) is 5.13 Å². The molecule has 26 heavy (non-hydrogen) atoms. The predicted octanol–water partition coefficient (Wildman–Crippen LogP) is 5.23. The van der Waals surface area contributed by atoms with Crippen LogP contribution in [0.5, 0.6) is 5.75 Å². The first-order valence-electron chi connectivity index (χ1n) is 8.35. The number of thiazole rings is 1. The van der Waals surface area contributed by atoms with Crippen molar-refractivity contribution >= 4 is 38.1 Å². The Bertz CT molecular complexity index is 1030. The molecule has 1 heterocycles. The number of hydrogen-bond acceptors (Lipinski definition) is 5. The predicted molar refractivity (Wildman–Crippen MR) is 109 cm³/mol. The number of anilines is 3. The average molecular weight is 361 g/mol. The van der Waals surface area contributed by atoms with E-state index in [0.717, 1.165) is 32.5 Å². The molecule has 0 aliphatic heterocycles. The van der Waals surface area contributed by atoms with Gasteiger partial charge in [0.2, 0.25) is 0 Å². The summed E-state index contributed by atoms with van der Waals surface area (Å²) in [4.78, 5) is 7.00. The molecule has 0 aliphatic rings. The molecule has 0 atom stereocenters. The number of aromatic nitrogens is 1. The zero-order valence-electron chi connectivity index (χ0n) is 14.4. The highest BCUT2D eigenvalue weighted by atomic mass is 32.1. The number of ether oxygens (including phenoxy) is 1. The molecule has 0 saturated carbocycles. The molecular weight excluding hydrogens is 342 g/mol. The van der Waals surface area contributed by atoms with Gasteiger partial charge in [-0.15, -0.1) is 0 Å². The van der Waals surface area contributed by atoms with Gasteiger partial charge in [0.05, 0.1) is 35.2 Å². The van der Waals surface area contributed by atoms with Crippen LogP contribution in [0.2, 0.25) is 0 Å². The van der Waals surface area contributed by atoms with E-state index in [1.54, 1.807) is 18.4 Å². The number of nitrogens with two attached hydrogens (primary N) is 1. The van der Waals surface area contributed by atoms with Gasteiger partial charge in [0, 0.05) is 0 Å². The summed E-state index contributed by atoms with van der Waals surface area (Å²) in [7, 11) is 1.68. The Labute approximate surface area is 156 Å². The van der Waals surface area contributed by atoms with Crippen LogP contribution in [0.1, 0.15) is 5.56 Å². The molecule has 0 saturated heterocycles. The van der Waals surface area contributed by atoms with Crippen molar-refractivity contribution < 1.29 is 4.74 Å². The average Bonchev–Trinajstić information content (AvgIpc) is 3.10. The van der Waals surface area contributed by atoms with Crippen molar-refractivity contribution in [3.8, 4) is 5.75 Å². The van der Waals surface area contributed by atoms with E-state index in [1.807, 2.05) is 60.7 Å². The molecule has 1 aromatic heterocycles. The Morgan fingerprint density at radius 1 is 1.00 bits per heavy atom. The summed E-state index contributed by atoms with van der Waals surface area (Å²) >= 11 is 1.64. The summed E-state index contributed by atoms with van der Waals surface area (Å²) in [6, 6.07) is 24.2. The van der Waals surface area contributed by atoms with Gasteiger partial charge < -0.3 is 15.4 Å². The minimum atomic E-state index is 0.700. The Kier molecular flexibility index (Phi) is 4.46. The van der Waals surface area contributed by atoms with Crippen LogP contribution >= 0.6 is 11.3 Å². The number of nitrogens with zero attached hydrogens (tertiary/aromatic N) is 2.